The molecule has 0 saturated carbocycles. The zero-order valence-corrected chi connectivity index (χ0v) is 15.0. The van der Waals surface area contributed by atoms with Gasteiger partial charge in [-0.1, -0.05) is 18.7 Å². The molecule has 3 rings (SSSR count). The predicted molar refractivity (Wildman–Crippen MR) is 95.4 cm³/mol. The molecular formula is C17H15F3N4O2S. The molecule has 142 valence electrons. The maximum atomic E-state index is 12.7. The van der Waals surface area contributed by atoms with Gasteiger partial charge in [0.1, 0.15) is 11.4 Å². The number of aromatic nitrogens is 4. The van der Waals surface area contributed by atoms with Crippen LogP contribution in [0.25, 0.3) is 17.1 Å². The van der Waals surface area contributed by atoms with E-state index >= 15 is 0 Å². The number of alkyl halides is 3. The van der Waals surface area contributed by atoms with E-state index in [0.29, 0.717) is 28.0 Å². The molecule has 1 N–H and O–H groups in total. The highest BCUT2D eigenvalue weighted by Crippen LogP contribution is 2.24. The van der Waals surface area contributed by atoms with Crippen LogP contribution in [0.4, 0.5) is 13.2 Å². The second kappa shape index (κ2) is 7.87. The molecule has 0 aliphatic carbocycles. The molecule has 27 heavy (non-hydrogen) atoms. The van der Waals surface area contributed by atoms with Gasteiger partial charge >= 0.3 is 6.18 Å². The predicted octanol–water partition coefficient (Wildman–Crippen LogP) is 3.68. The molecule has 0 saturated heterocycles. The Bertz CT molecular complexity index is 954. The van der Waals surface area contributed by atoms with Crippen molar-refractivity contribution in [3.05, 3.63) is 52.9 Å². The van der Waals surface area contributed by atoms with Gasteiger partial charge in [-0.15, -0.1) is 0 Å². The van der Waals surface area contributed by atoms with Gasteiger partial charge in [0.05, 0.1) is 11.4 Å². The van der Waals surface area contributed by atoms with Crippen molar-refractivity contribution in [2.45, 2.75) is 18.3 Å². The van der Waals surface area contributed by atoms with Crippen LogP contribution in [0.15, 0.2) is 52.5 Å². The van der Waals surface area contributed by atoms with E-state index in [1.54, 1.807) is 12.3 Å². The molecular weight excluding hydrogens is 381 g/mol. The highest BCUT2D eigenvalue weighted by Gasteiger charge is 2.28. The molecule has 0 spiro atoms. The minimum Gasteiger partial charge on any atom is -0.484 e. The van der Waals surface area contributed by atoms with Crippen molar-refractivity contribution in [3.63, 3.8) is 0 Å². The van der Waals surface area contributed by atoms with Gasteiger partial charge in [0.25, 0.3) is 5.56 Å². The molecule has 0 radical (unpaired) electrons. The maximum Gasteiger partial charge on any atom is 0.422 e. The molecule has 0 unspecified atom stereocenters. The van der Waals surface area contributed by atoms with Crippen LogP contribution < -0.4 is 10.3 Å². The highest BCUT2D eigenvalue weighted by atomic mass is 32.2. The number of rotatable bonds is 6. The first-order chi connectivity index (χ1) is 12.9. The third kappa shape index (κ3) is 4.70. The minimum absolute atomic E-state index is 0.0647. The van der Waals surface area contributed by atoms with Gasteiger partial charge in [0.15, 0.2) is 11.8 Å². The number of H-pyrrole nitrogens is 1. The summed E-state index contributed by atoms with van der Waals surface area (Å²) in [4.78, 5) is 17.2. The van der Waals surface area contributed by atoms with E-state index in [0.717, 1.165) is 0 Å². The Hall–Kier alpha value is -2.75. The monoisotopic (exact) mass is 396 g/mol. The average molecular weight is 396 g/mol. The molecule has 10 heteroatoms. The molecule has 0 aliphatic rings. The van der Waals surface area contributed by atoms with Gasteiger partial charge < -0.3 is 4.74 Å². The molecule has 2 aromatic heterocycles. The van der Waals surface area contributed by atoms with Gasteiger partial charge in [-0.2, -0.15) is 18.3 Å². The van der Waals surface area contributed by atoms with E-state index in [-0.39, 0.29) is 11.3 Å². The Morgan fingerprint density at radius 3 is 2.52 bits per heavy atom. The first-order valence-corrected chi connectivity index (χ1v) is 8.93. The molecule has 2 heterocycles. The van der Waals surface area contributed by atoms with Crippen LogP contribution in [0.1, 0.15) is 6.92 Å². The number of thioether (sulfide) groups is 1. The van der Waals surface area contributed by atoms with Crippen molar-refractivity contribution in [1.29, 1.82) is 0 Å². The molecule has 0 fully saturated rings. The molecule has 0 amide bonds. The number of halogens is 3. The zero-order valence-electron chi connectivity index (χ0n) is 14.2. The van der Waals surface area contributed by atoms with E-state index in [1.165, 1.54) is 46.7 Å². The lowest BCUT2D eigenvalue weighted by molar-refractivity contribution is -0.153. The summed E-state index contributed by atoms with van der Waals surface area (Å²) < 4.78 is 42.8. The number of aromatic amines is 1. The maximum absolute atomic E-state index is 12.7. The summed E-state index contributed by atoms with van der Waals surface area (Å²) in [6.07, 6.45) is -2.78. The number of nitrogens with one attached hydrogen (secondary N) is 1. The minimum atomic E-state index is -4.41. The van der Waals surface area contributed by atoms with E-state index in [2.05, 4.69) is 15.2 Å². The van der Waals surface area contributed by atoms with Crippen molar-refractivity contribution in [2.75, 3.05) is 12.4 Å². The Labute approximate surface area is 156 Å². The van der Waals surface area contributed by atoms with Crippen molar-refractivity contribution in [1.82, 2.24) is 19.7 Å². The largest absolute Gasteiger partial charge is 0.484 e. The van der Waals surface area contributed by atoms with Gasteiger partial charge in [0, 0.05) is 12.3 Å². The van der Waals surface area contributed by atoms with Crippen LogP contribution in [0.2, 0.25) is 0 Å². The number of ether oxygens (including phenoxy) is 1. The second-order valence-corrected chi connectivity index (χ2v) is 6.62. The number of benzene rings is 1. The summed E-state index contributed by atoms with van der Waals surface area (Å²) in [7, 11) is 0. The van der Waals surface area contributed by atoms with Crippen molar-refractivity contribution in [2.24, 2.45) is 0 Å². The summed E-state index contributed by atoms with van der Waals surface area (Å²) in [5.74, 6) is 0.749. The van der Waals surface area contributed by atoms with Crippen molar-refractivity contribution >= 4 is 11.8 Å². The van der Waals surface area contributed by atoms with Gasteiger partial charge in [0.2, 0.25) is 0 Å². The first kappa shape index (κ1) is 19.0. The summed E-state index contributed by atoms with van der Waals surface area (Å²) in [6.45, 7) is 0.555. The highest BCUT2D eigenvalue weighted by molar-refractivity contribution is 7.99. The fraction of sp³-hybridized carbons (Fsp3) is 0.235. The quantitative estimate of drug-likeness (QED) is 0.508. The fourth-order valence-corrected chi connectivity index (χ4v) is 3.06. The lowest BCUT2D eigenvalue weighted by Crippen LogP contribution is -2.21. The number of hydrogen-bond donors (Lipinski definition) is 1. The lowest BCUT2D eigenvalue weighted by atomic mass is 10.2. The van der Waals surface area contributed by atoms with Crippen LogP contribution in [0.3, 0.4) is 0 Å². The number of hydrogen-bond acceptors (Lipinski definition) is 5. The summed E-state index contributed by atoms with van der Waals surface area (Å²) >= 11 is 1.37. The van der Waals surface area contributed by atoms with E-state index < -0.39 is 12.8 Å². The normalized spacial score (nSPS) is 11.6. The van der Waals surface area contributed by atoms with E-state index in [1.807, 2.05) is 6.92 Å². The van der Waals surface area contributed by atoms with Gasteiger partial charge in [-0.25, -0.2) is 4.98 Å². The summed E-state index contributed by atoms with van der Waals surface area (Å²) in [6, 6.07) is 8.87. The van der Waals surface area contributed by atoms with Gasteiger partial charge in [-0.05, 0) is 36.1 Å². The standard InChI is InChI=1S/C17H15F3N4O2S/c1-2-27-16-22-14(13-7-8-21-23-13)9-15(25)24(16)11-3-5-12(6-4-11)26-10-17(18,19)20/h3-9H,2,10H2,1H3,(H,21,23). The zero-order chi connectivity index (χ0) is 19.4. The molecule has 6 nitrogen and oxygen atoms in total. The van der Waals surface area contributed by atoms with Crippen LogP contribution >= 0.6 is 11.8 Å². The first-order valence-electron chi connectivity index (χ1n) is 7.94. The van der Waals surface area contributed by atoms with Crippen molar-refractivity contribution in [3.8, 4) is 22.8 Å². The summed E-state index contributed by atoms with van der Waals surface area (Å²) in [5, 5.41) is 7.17. The molecule has 0 bridgehead atoms. The van der Waals surface area contributed by atoms with Crippen molar-refractivity contribution < 1.29 is 17.9 Å². The smallest absolute Gasteiger partial charge is 0.422 e. The molecule has 1 aromatic carbocycles. The van der Waals surface area contributed by atoms with Crippen LogP contribution in [-0.4, -0.2) is 38.3 Å². The third-order valence-electron chi connectivity index (χ3n) is 3.42. The van der Waals surface area contributed by atoms with E-state index in [9.17, 15) is 18.0 Å². The Morgan fingerprint density at radius 2 is 1.93 bits per heavy atom. The Balaban J connectivity index is 1.94. The lowest BCUT2D eigenvalue weighted by Gasteiger charge is -2.13. The fourth-order valence-electron chi connectivity index (χ4n) is 2.32. The third-order valence-corrected chi connectivity index (χ3v) is 4.24. The summed E-state index contributed by atoms with van der Waals surface area (Å²) in [5.41, 5.74) is 1.16. The van der Waals surface area contributed by atoms with E-state index in [4.69, 9.17) is 4.74 Å². The van der Waals surface area contributed by atoms with Crippen LogP contribution in [-0.2, 0) is 0 Å². The number of nitrogens with zero attached hydrogens (tertiary/aromatic N) is 3. The Kier molecular flexibility index (Phi) is 5.54. The SMILES string of the molecule is CCSc1nc(-c2cc[nH]n2)cc(=O)n1-c1ccc(OCC(F)(F)F)cc1. The van der Waals surface area contributed by atoms with Gasteiger partial charge in [-0.3, -0.25) is 14.5 Å². The van der Waals surface area contributed by atoms with Crippen LogP contribution in [0.5, 0.6) is 5.75 Å². The molecule has 0 atom stereocenters. The topological polar surface area (TPSA) is 72.8 Å². The second-order valence-electron chi connectivity index (χ2n) is 5.39. The van der Waals surface area contributed by atoms with Crippen LogP contribution in [0, 0.1) is 0 Å². The average Bonchev–Trinajstić information content (AvgIpc) is 3.15. The molecule has 3 aromatic rings. The Morgan fingerprint density at radius 1 is 1.19 bits per heavy atom. The molecule has 0 aliphatic heterocycles.